The van der Waals surface area contributed by atoms with Crippen molar-refractivity contribution in [1.29, 1.82) is 0 Å². The second-order valence-corrected chi connectivity index (χ2v) is 6.74. The molecule has 1 aromatic rings. The van der Waals surface area contributed by atoms with Crippen LogP contribution in [0.2, 0.25) is 0 Å². The van der Waals surface area contributed by atoms with Crippen LogP contribution in [0.3, 0.4) is 0 Å². The minimum absolute atomic E-state index is 0.177. The van der Waals surface area contributed by atoms with Gasteiger partial charge in [0.15, 0.2) is 5.78 Å². The Hall–Kier alpha value is -1.11. The number of rotatable bonds is 2. The van der Waals surface area contributed by atoms with E-state index in [1.165, 1.54) is 17.5 Å². The Morgan fingerprint density at radius 2 is 1.83 bits per heavy atom. The summed E-state index contributed by atoms with van der Waals surface area (Å²) in [7, 11) is 0. The molecular weight excluding hydrogens is 220 g/mol. The fraction of sp³-hybridized carbons (Fsp3) is 0.588. The molecule has 18 heavy (non-hydrogen) atoms. The van der Waals surface area contributed by atoms with E-state index >= 15 is 0 Å². The van der Waals surface area contributed by atoms with Gasteiger partial charge in [0.1, 0.15) is 0 Å². The molecule has 2 rings (SSSR count). The SMILES string of the molecule is CC[C@@]1(C)CC(C)(C)c2cc(C(C)=O)c(C)cc21. The average Bonchev–Trinajstić information content (AvgIpc) is 2.45. The highest BCUT2D eigenvalue weighted by atomic mass is 16.1. The predicted molar refractivity (Wildman–Crippen MR) is 76.5 cm³/mol. The van der Waals surface area contributed by atoms with Gasteiger partial charge in [0.2, 0.25) is 0 Å². The molecule has 1 aliphatic rings. The number of Topliss-reactive ketones (excluding diaryl/α,β-unsaturated/α-hetero) is 1. The maximum atomic E-state index is 11.7. The molecule has 1 nitrogen and oxygen atoms in total. The van der Waals surface area contributed by atoms with E-state index in [1.807, 2.05) is 0 Å². The molecule has 0 unspecified atom stereocenters. The van der Waals surface area contributed by atoms with Crippen LogP contribution in [0.5, 0.6) is 0 Å². The molecule has 0 amide bonds. The van der Waals surface area contributed by atoms with Crippen LogP contribution in [0.4, 0.5) is 0 Å². The van der Waals surface area contributed by atoms with Crippen molar-refractivity contribution in [3.05, 3.63) is 34.4 Å². The molecule has 0 aliphatic heterocycles. The molecule has 0 saturated carbocycles. The smallest absolute Gasteiger partial charge is 0.160 e. The Morgan fingerprint density at radius 3 is 2.33 bits per heavy atom. The maximum absolute atomic E-state index is 11.7. The summed E-state index contributed by atoms with van der Waals surface area (Å²) in [6.07, 6.45) is 2.33. The van der Waals surface area contributed by atoms with Gasteiger partial charge < -0.3 is 0 Å². The summed E-state index contributed by atoms with van der Waals surface area (Å²) in [5.74, 6) is 0.177. The number of carbonyl (C=O) groups excluding carboxylic acids is 1. The van der Waals surface area contributed by atoms with Crippen molar-refractivity contribution in [2.24, 2.45) is 0 Å². The molecule has 0 fully saturated rings. The number of hydrogen-bond donors (Lipinski definition) is 0. The minimum Gasteiger partial charge on any atom is -0.295 e. The third kappa shape index (κ3) is 1.81. The highest BCUT2D eigenvalue weighted by Crippen LogP contribution is 2.51. The van der Waals surface area contributed by atoms with Gasteiger partial charge in [0.25, 0.3) is 0 Å². The number of fused-ring (bicyclic) bond motifs is 1. The van der Waals surface area contributed by atoms with Gasteiger partial charge in [0.05, 0.1) is 0 Å². The van der Waals surface area contributed by atoms with Crippen LogP contribution in [-0.4, -0.2) is 5.78 Å². The second kappa shape index (κ2) is 3.94. The van der Waals surface area contributed by atoms with Gasteiger partial charge in [0, 0.05) is 5.56 Å². The molecule has 0 heterocycles. The standard InChI is InChI=1S/C17H24O/c1-7-17(6)10-16(4,5)14-9-13(12(3)18)11(2)8-15(14)17/h8-9H,7,10H2,1-6H3/t17-/m0/s1. The normalized spacial score (nSPS) is 25.0. The second-order valence-electron chi connectivity index (χ2n) is 6.74. The average molecular weight is 244 g/mol. The first-order valence-corrected chi connectivity index (χ1v) is 6.88. The zero-order valence-corrected chi connectivity index (χ0v) is 12.5. The molecule has 1 heteroatoms. The fourth-order valence-corrected chi connectivity index (χ4v) is 3.63. The Kier molecular flexibility index (Phi) is 2.92. The Morgan fingerprint density at radius 1 is 1.22 bits per heavy atom. The van der Waals surface area contributed by atoms with Crippen LogP contribution in [-0.2, 0) is 10.8 Å². The van der Waals surface area contributed by atoms with Crippen LogP contribution < -0.4 is 0 Å². The molecule has 0 saturated heterocycles. The highest BCUT2D eigenvalue weighted by Gasteiger charge is 2.43. The van der Waals surface area contributed by atoms with Crippen LogP contribution >= 0.6 is 0 Å². The van der Waals surface area contributed by atoms with E-state index in [2.05, 4.69) is 46.8 Å². The molecule has 0 bridgehead atoms. The fourth-order valence-electron chi connectivity index (χ4n) is 3.63. The summed E-state index contributed by atoms with van der Waals surface area (Å²) >= 11 is 0. The lowest BCUT2D eigenvalue weighted by Crippen LogP contribution is -2.20. The van der Waals surface area contributed by atoms with Gasteiger partial charge in [-0.2, -0.15) is 0 Å². The van der Waals surface area contributed by atoms with E-state index in [9.17, 15) is 4.79 Å². The molecule has 1 atom stereocenters. The van der Waals surface area contributed by atoms with Crippen molar-refractivity contribution >= 4 is 5.78 Å². The predicted octanol–water partition coefficient (Wildman–Crippen LogP) is 4.55. The van der Waals surface area contributed by atoms with Crippen LogP contribution in [0, 0.1) is 6.92 Å². The molecule has 1 aliphatic carbocycles. The number of hydrogen-bond acceptors (Lipinski definition) is 1. The third-order valence-corrected chi connectivity index (χ3v) is 4.74. The number of ketones is 1. The maximum Gasteiger partial charge on any atom is 0.160 e. The highest BCUT2D eigenvalue weighted by molar-refractivity contribution is 5.96. The van der Waals surface area contributed by atoms with Crippen molar-refractivity contribution in [2.45, 2.75) is 65.2 Å². The lowest BCUT2D eigenvalue weighted by Gasteiger charge is -2.26. The van der Waals surface area contributed by atoms with Crippen molar-refractivity contribution < 1.29 is 4.79 Å². The van der Waals surface area contributed by atoms with Gasteiger partial charge in [-0.25, -0.2) is 0 Å². The summed E-state index contributed by atoms with van der Waals surface area (Å²) in [5, 5.41) is 0. The van der Waals surface area contributed by atoms with Gasteiger partial charge in [-0.3, -0.25) is 4.79 Å². The molecular formula is C17H24O. The van der Waals surface area contributed by atoms with Crippen LogP contribution in [0.25, 0.3) is 0 Å². The van der Waals surface area contributed by atoms with E-state index < -0.39 is 0 Å². The van der Waals surface area contributed by atoms with Gasteiger partial charge in [-0.05, 0) is 60.3 Å². The molecule has 0 radical (unpaired) electrons. The molecule has 1 aromatic carbocycles. The summed E-state index contributed by atoms with van der Waals surface area (Å²) in [6.45, 7) is 12.9. The largest absolute Gasteiger partial charge is 0.295 e. The van der Waals surface area contributed by atoms with Gasteiger partial charge in [-0.15, -0.1) is 0 Å². The Balaban J connectivity index is 2.71. The first kappa shape index (κ1) is 13.3. The Bertz CT molecular complexity index is 511. The van der Waals surface area contributed by atoms with E-state index in [0.717, 1.165) is 17.5 Å². The minimum atomic E-state index is 0.177. The van der Waals surface area contributed by atoms with Crippen molar-refractivity contribution in [1.82, 2.24) is 0 Å². The first-order chi connectivity index (χ1) is 8.21. The van der Waals surface area contributed by atoms with E-state index in [-0.39, 0.29) is 16.6 Å². The lowest BCUT2D eigenvalue weighted by atomic mass is 9.78. The van der Waals surface area contributed by atoms with Crippen molar-refractivity contribution in [3.8, 4) is 0 Å². The lowest BCUT2D eigenvalue weighted by molar-refractivity contribution is 0.101. The zero-order chi connectivity index (χ0) is 13.7. The molecule has 0 aromatic heterocycles. The quantitative estimate of drug-likeness (QED) is 0.698. The zero-order valence-electron chi connectivity index (χ0n) is 12.5. The topological polar surface area (TPSA) is 17.1 Å². The van der Waals surface area contributed by atoms with E-state index in [1.54, 1.807) is 6.92 Å². The van der Waals surface area contributed by atoms with Crippen molar-refractivity contribution in [3.63, 3.8) is 0 Å². The van der Waals surface area contributed by atoms with E-state index in [0.29, 0.717) is 0 Å². The van der Waals surface area contributed by atoms with E-state index in [4.69, 9.17) is 0 Å². The van der Waals surface area contributed by atoms with Crippen LogP contribution in [0.15, 0.2) is 12.1 Å². The third-order valence-electron chi connectivity index (χ3n) is 4.74. The summed E-state index contributed by atoms with van der Waals surface area (Å²) in [5.41, 5.74) is 5.29. The summed E-state index contributed by atoms with van der Waals surface area (Å²) in [4.78, 5) is 11.7. The summed E-state index contributed by atoms with van der Waals surface area (Å²) < 4.78 is 0. The van der Waals surface area contributed by atoms with Crippen LogP contribution in [0.1, 0.15) is 74.5 Å². The number of carbonyl (C=O) groups is 1. The number of aryl methyl sites for hydroxylation is 1. The van der Waals surface area contributed by atoms with Gasteiger partial charge >= 0.3 is 0 Å². The Labute approximate surface area is 111 Å². The van der Waals surface area contributed by atoms with Gasteiger partial charge in [-0.1, -0.05) is 33.8 Å². The monoisotopic (exact) mass is 244 g/mol. The number of benzene rings is 1. The first-order valence-electron chi connectivity index (χ1n) is 6.88. The molecule has 98 valence electrons. The molecule has 0 N–H and O–H groups in total. The summed E-state index contributed by atoms with van der Waals surface area (Å²) in [6, 6.07) is 4.40. The molecule has 0 spiro atoms. The van der Waals surface area contributed by atoms with Crippen molar-refractivity contribution in [2.75, 3.05) is 0 Å².